The minimum absolute atomic E-state index is 0.0927. The van der Waals surface area contributed by atoms with E-state index in [0.717, 1.165) is 0 Å². The Morgan fingerprint density at radius 1 is 1.38 bits per heavy atom. The van der Waals surface area contributed by atoms with E-state index in [1.165, 1.54) is 6.07 Å². The average Bonchev–Trinajstić information content (AvgIpc) is 2.26. The minimum atomic E-state index is -1.12. The number of carboxylic acid groups (broad SMARTS) is 1. The summed E-state index contributed by atoms with van der Waals surface area (Å²) < 4.78 is 0. The van der Waals surface area contributed by atoms with Crippen molar-refractivity contribution in [3.8, 4) is 0 Å². The first-order chi connectivity index (χ1) is 7.66. The molecule has 0 aliphatic rings. The maximum Gasteiger partial charge on any atom is 0.404 e. The highest BCUT2D eigenvalue weighted by Crippen LogP contribution is 2.06. The van der Waals surface area contributed by atoms with Crippen LogP contribution in [-0.2, 0) is 6.54 Å². The van der Waals surface area contributed by atoms with Gasteiger partial charge >= 0.3 is 6.09 Å². The second-order valence-corrected chi connectivity index (χ2v) is 3.36. The van der Waals surface area contributed by atoms with Gasteiger partial charge in [0, 0.05) is 22.7 Å². The second-order valence-electron chi connectivity index (χ2n) is 3.36. The van der Waals surface area contributed by atoms with Crippen LogP contribution in [0.4, 0.5) is 4.79 Å². The topological polar surface area (TPSA) is 82.2 Å². The standard InChI is InChI=1S/C11H10N2O3/c14-10-5-7(6-12-11(15)16)13-9-4-2-1-3-8(9)10/h1-5,12H,6H2,(H,13,14)(H,15,16). The van der Waals surface area contributed by atoms with Crippen molar-refractivity contribution < 1.29 is 9.90 Å². The molecule has 82 valence electrons. The van der Waals surface area contributed by atoms with Crippen molar-refractivity contribution in [3.05, 3.63) is 46.2 Å². The summed E-state index contributed by atoms with van der Waals surface area (Å²) in [5, 5.41) is 11.3. The molecule has 5 heteroatoms. The van der Waals surface area contributed by atoms with Crippen LogP contribution in [0.1, 0.15) is 5.69 Å². The van der Waals surface area contributed by atoms with Gasteiger partial charge in [0.05, 0.1) is 6.54 Å². The van der Waals surface area contributed by atoms with Crippen LogP contribution in [0, 0.1) is 0 Å². The maximum atomic E-state index is 11.6. The van der Waals surface area contributed by atoms with Gasteiger partial charge in [-0.15, -0.1) is 0 Å². The number of nitrogens with one attached hydrogen (secondary N) is 2. The number of aromatic amines is 1. The van der Waals surface area contributed by atoms with E-state index in [1.54, 1.807) is 18.2 Å². The number of amides is 1. The number of benzene rings is 1. The summed E-state index contributed by atoms with van der Waals surface area (Å²) in [5.74, 6) is 0. The predicted octanol–water partition coefficient (Wildman–Crippen LogP) is 1.30. The first kappa shape index (κ1) is 10.2. The molecule has 0 radical (unpaired) electrons. The third kappa shape index (κ3) is 2.03. The van der Waals surface area contributed by atoms with E-state index in [-0.39, 0.29) is 12.0 Å². The van der Waals surface area contributed by atoms with Gasteiger partial charge in [-0.05, 0) is 12.1 Å². The molecule has 1 aromatic carbocycles. The van der Waals surface area contributed by atoms with E-state index in [4.69, 9.17) is 5.11 Å². The molecule has 2 rings (SSSR count). The molecule has 0 bridgehead atoms. The number of fused-ring (bicyclic) bond motifs is 1. The van der Waals surface area contributed by atoms with Gasteiger partial charge in [-0.2, -0.15) is 0 Å². The Kier molecular flexibility index (Phi) is 2.59. The molecular weight excluding hydrogens is 208 g/mol. The van der Waals surface area contributed by atoms with Gasteiger partial charge in [-0.25, -0.2) is 4.79 Å². The zero-order valence-corrected chi connectivity index (χ0v) is 8.36. The number of para-hydroxylation sites is 1. The molecule has 0 fully saturated rings. The molecule has 1 heterocycles. The van der Waals surface area contributed by atoms with Gasteiger partial charge in [-0.1, -0.05) is 12.1 Å². The Labute approximate surface area is 90.7 Å². The Hall–Kier alpha value is -2.30. The SMILES string of the molecule is O=C(O)NCc1cc(=O)c2ccccc2[nH]1. The van der Waals surface area contributed by atoms with Crippen LogP contribution in [-0.4, -0.2) is 16.2 Å². The smallest absolute Gasteiger partial charge is 0.404 e. The molecular formula is C11H10N2O3. The summed E-state index contributed by atoms with van der Waals surface area (Å²) in [6, 6.07) is 8.50. The monoisotopic (exact) mass is 218 g/mol. The van der Waals surface area contributed by atoms with Crippen molar-refractivity contribution in [2.45, 2.75) is 6.54 Å². The molecule has 0 saturated heterocycles. The first-order valence-electron chi connectivity index (χ1n) is 4.74. The molecule has 3 N–H and O–H groups in total. The largest absolute Gasteiger partial charge is 0.465 e. The Balaban J connectivity index is 2.42. The van der Waals surface area contributed by atoms with Gasteiger partial charge in [0.2, 0.25) is 0 Å². The van der Waals surface area contributed by atoms with E-state index in [1.807, 2.05) is 6.07 Å². The van der Waals surface area contributed by atoms with Crippen molar-refractivity contribution >= 4 is 17.0 Å². The average molecular weight is 218 g/mol. The summed E-state index contributed by atoms with van der Waals surface area (Å²) >= 11 is 0. The van der Waals surface area contributed by atoms with Crippen molar-refractivity contribution in [2.75, 3.05) is 0 Å². The van der Waals surface area contributed by atoms with Crippen molar-refractivity contribution in [2.24, 2.45) is 0 Å². The summed E-state index contributed by atoms with van der Waals surface area (Å²) in [7, 11) is 0. The fourth-order valence-corrected chi connectivity index (χ4v) is 1.52. The fourth-order valence-electron chi connectivity index (χ4n) is 1.52. The Morgan fingerprint density at radius 3 is 2.88 bits per heavy atom. The summed E-state index contributed by atoms with van der Waals surface area (Å²) in [4.78, 5) is 25.0. The van der Waals surface area contributed by atoms with Gasteiger partial charge < -0.3 is 15.4 Å². The lowest BCUT2D eigenvalue weighted by Crippen LogP contribution is -2.21. The van der Waals surface area contributed by atoms with Gasteiger partial charge in [-0.3, -0.25) is 4.79 Å². The lowest BCUT2D eigenvalue weighted by atomic mass is 10.2. The van der Waals surface area contributed by atoms with E-state index in [9.17, 15) is 9.59 Å². The third-order valence-corrected chi connectivity index (χ3v) is 2.22. The Morgan fingerprint density at radius 2 is 2.12 bits per heavy atom. The van der Waals surface area contributed by atoms with Gasteiger partial charge in [0.1, 0.15) is 0 Å². The molecule has 16 heavy (non-hydrogen) atoms. The zero-order valence-electron chi connectivity index (χ0n) is 8.36. The molecule has 0 aliphatic heterocycles. The number of rotatable bonds is 2. The van der Waals surface area contributed by atoms with E-state index in [0.29, 0.717) is 16.6 Å². The highest BCUT2D eigenvalue weighted by atomic mass is 16.4. The molecule has 2 aromatic rings. The third-order valence-electron chi connectivity index (χ3n) is 2.22. The first-order valence-corrected chi connectivity index (χ1v) is 4.74. The number of hydrogen-bond acceptors (Lipinski definition) is 2. The van der Waals surface area contributed by atoms with Gasteiger partial charge in [0.15, 0.2) is 5.43 Å². The normalized spacial score (nSPS) is 10.2. The lowest BCUT2D eigenvalue weighted by Gasteiger charge is -2.03. The van der Waals surface area contributed by atoms with Crippen LogP contribution in [0.3, 0.4) is 0 Å². The quantitative estimate of drug-likeness (QED) is 0.710. The molecule has 0 atom stereocenters. The van der Waals surface area contributed by atoms with Crippen LogP contribution in [0.2, 0.25) is 0 Å². The molecule has 0 spiro atoms. The molecule has 0 saturated carbocycles. The number of aromatic nitrogens is 1. The predicted molar refractivity (Wildman–Crippen MR) is 59.4 cm³/mol. The number of H-pyrrole nitrogens is 1. The molecule has 0 unspecified atom stereocenters. The molecule has 1 amide bonds. The second kappa shape index (κ2) is 4.06. The maximum absolute atomic E-state index is 11.6. The highest BCUT2D eigenvalue weighted by Gasteiger charge is 2.02. The summed E-state index contributed by atoms with van der Waals surface area (Å²) in [6.07, 6.45) is -1.12. The van der Waals surface area contributed by atoms with Crippen LogP contribution in [0.15, 0.2) is 35.1 Å². The van der Waals surface area contributed by atoms with Crippen molar-refractivity contribution in [1.29, 1.82) is 0 Å². The molecule has 5 nitrogen and oxygen atoms in total. The summed E-state index contributed by atoms with van der Waals surface area (Å²) in [6.45, 7) is 0.0927. The molecule has 0 aliphatic carbocycles. The van der Waals surface area contributed by atoms with Gasteiger partial charge in [0.25, 0.3) is 0 Å². The zero-order chi connectivity index (χ0) is 11.5. The van der Waals surface area contributed by atoms with E-state index >= 15 is 0 Å². The number of carbonyl (C=O) groups is 1. The van der Waals surface area contributed by atoms with Crippen LogP contribution < -0.4 is 10.7 Å². The van der Waals surface area contributed by atoms with E-state index < -0.39 is 6.09 Å². The van der Waals surface area contributed by atoms with E-state index in [2.05, 4.69) is 10.3 Å². The van der Waals surface area contributed by atoms with Crippen molar-refractivity contribution in [1.82, 2.24) is 10.3 Å². The Bertz CT molecular complexity index is 589. The summed E-state index contributed by atoms with van der Waals surface area (Å²) in [5.41, 5.74) is 1.14. The lowest BCUT2D eigenvalue weighted by molar-refractivity contribution is 0.194. The fraction of sp³-hybridized carbons (Fsp3) is 0.0909. The van der Waals surface area contributed by atoms with Crippen LogP contribution in [0.5, 0.6) is 0 Å². The number of hydrogen-bond donors (Lipinski definition) is 3. The minimum Gasteiger partial charge on any atom is -0.465 e. The number of pyridine rings is 1. The molecule has 1 aromatic heterocycles. The van der Waals surface area contributed by atoms with Crippen molar-refractivity contribution in [3.63, 3.8) is 0 Å². The highest BCUT2D eigenvalue weighted by molar-refractivity contribution is 5.78. The van der Waals surface area contributed by atoms with Crippen LogP contribution >= 0.6 is 0 Å². The van der Waals surface area contributed by atoms with Crippen LogP contribution in [0.25, 0.3) is 10.9 Å².